The molecule has 0 aliphatic carbocycles. The number of carbonyl (C=O) groups excluding carboxylic acids is 1. The first-order valence-corrected chi connectivity index (χ1v) is 4.28. The van der Waals surface area contributed by atoms with Gasteiger partial charge in [0.15, 0.2) is 5.92 Å². The molecule has 0 aromatic carbocycles. The van der Waals surface area contributed by atoms with E-state index in [1.54, 1.807) is 0 Å². The Morgan fingerprint density at radius 2 is 1.56 bits per heavy atom. The molecule has 0 fully saturated rings. The topological polar surface area (TPSA) is 26.3 Å². The SMILES string of the molecule is CCOC(=O)C(C(=C(F)F)C(F)(F)F)C(F)(F)F. The summed E-state index contributed by atoms with van der Waals surface area (Å²) >= 11 is 0. The van der Waals surface area contributed by atoms with Crippen LogP contribution < -0.4 is 0 Å². The van der Waals surface area contributed by atoms with Gasteiger partial charge in [0.1, 0.15) is 5.57 Å². The predicted molar refractivity (Wildman–Crippen MR) is 41.5 cm³/mol. The summed E-state index contributed by atoms with van der Waals surface area (Å²) in [5.41, 5.74) is -3.26. The van der Waals surface area contributed by atoms with Gasteiger partial charge in [0.05, 0.1) is 6.61 Å². The van der Waals surface area contributed by atoms with Crippen molar-refractivity contribution >= 4 is 5.97 Å². The van der Waals surface area contributed by atoms with Crippen LogP contribution in [0, 0.1) is 5.92 Å². The first-order chi connectivity index (χ1) is 7.92. The zero-order chi connectivity index (χ0) is 14.7. The smallest absolute Gasteiger partial charge is 0.419 e. The molecule has 0 radical (unpaired) electrons. The number of esters is 1. The minimum Gasteiger partial charge on any atom is -0.465 e. The minimum absolute atomic E-state index is 0.676. The van der Waals surface area contributed by atoms with Gasteiger partial charge in [-0.15, -0.1) is 0 Å². The van der Waals surface area contributed by atoms with Gasteiger partial charge in [0.25, 0.3) is 6.08 Å². The van der Waals surface area contributed by atoms with Crippen molar-refractivity contribution in [2.24, 2.45) is 5.92 Å². The summed E-state index contributed by atoms with van der Waals surface area (Å²) in [7, 11) is 0. The molecule has 0 saturated carbocycles. The zero-order valence-electron chi connectivity index (χ0n) is 8.62. The Balaban J connectivity index is 5.72. The Hall–Kier alpha value is -1.35. The number of carbonyl (C=O) groups is 1. The van der Waals surface area contributed by atoms with Gasteiger partial charge in [0, 0.05) is 0 Å². The summed E-state index contributed by atoms with van der Waals surface area (Å²) < 4.78 is 101. The molecular formula is C8H6F8O2. The quantitative estimate of drug-likeness (QED) is 0.587. The number of alkyl halides is 6. The molecule has 0 aliphatic rings. The summed E-state index contributed by atoms with van der Waals surface area (Å²) in [5, 5.41) is 0. The predicted octanol–water partition coefficient (Wildman–Crippen LogP) is 3.44. The van der Waals surface area contributed by atoms with Crippen LogP contribution in [0.15, 0.2) is 11.7 Å². The van der Waals surface area contributed by atoms with Gasteiger partial charge < -0.3 is 4.74 Å². The molecule has 0 aromatic heterocycles. The second-order valence-corrected chi connectivity index (χ2v) is 2.90. The Morgan fingerprint density at radius 1 is 1.11 bits per heavy atom. The monoisotopic (exact) mass is 286 g/mol. The number of ether oxygens (including phenoxy) is 1. The normalized spacial score (nSPS) is 14.1. The van der Waals surface area contributed by atoms with Crippen LogP contribution in [-0.2, 0) is 9.53 Å². The number of rotatable bonds is 3. The van der Waals surface area contributed by atoms with Crippen LogP contribution >= 0.6 is 0 Å². The van der Waals surface area contributed by atoms with Crippen LogP contribution in [0.1, 0.15) is 6.92 Å². The van der Waals surface area contributed by atoms with Crippen molar-refractivity contribution < 1.29 is 44.7 Å². The third-order valence-corrected chi connectivity index (χ3v) is 1.65. The van der Waals surface area contributed by atoms with E-state index in [-0.39, 0.29) is 0 Å². The van der Waals surface area contributed by atoms with Crippen molar-refractivity contribution in [2.45, 2.75) is 19.3 Å². The summed E-state index contributed by atoms with van der Waals surface area (Å²) in [6.45, 7) is 0.346. The average Bonchev–Trinajstić information content (AvgIpc) is 2.09. The van der Waals surface area contributed by atoms with Gasteiger partial charge in [0.2, 0.25) is 0 Å². The fourth-order valence-corrected chi connectivity index (χ4v) is 1.02. The summed E-state index contributed by atoms with van der Waals surface area (Å²) in [6, 6.07) is 0. The third-order valence-electron chi connectivity index (χ3n) is 1.65. The molecule has 10 heteroatoms. The Bertz CT molecular complexity index is 336. The van der Waals surface area contributed by atoms with E-state index in [0.29, 0.717) is 0 Å². The van der Waals surface area contributed by atoms with Crippen molar-refractivity contribution in [1.29, 1.82) is 0 Å². The van der Waals surface area contributed by atoms with E-state index >= 15 is 0 Å². The lowest BCUT2D eigenvalue weighted by molar-refractivity contribution is -0.204. The van der Waals surface area contributed by atoms with E-state index in [2.05, 4.69) is 4.74 Å². The van der Waals surface area contributed by atoms with Gasteiger partial charge in [-0.05, 0) is 6.92 Å². The molecular weight excluding hydrogens is 280 g/mol. The molecule has 18 heavy (non-hydrogen) atoms. The van der Waals surface area contributed by atoms with E-state index < -0.39 is 42.5 Å². The highest BCUT2D eigenvalue weighted by molar-refractivity contribution is 5.77. The molecule has 0 saturated heterocycles. The molecule has 0 bridgehead atoms. The lowest BCUT2D eigenvalue weighted by Crippen LogP contribution is -2.39. The van der Waals surface area contributed by atoms with Gasteiger partial charge >= 0.3 is 18.3 Å². The molecule has 0 N–H and O–H groups in total. The van der Waals surface area contributed by atoms with Crippen LogP contribution in [0.25, 0.3) is 0 Å². The van der Waals surface area contributed by atoms with Gasteiger partial charge in [-0.1, -0.05) is 0 Å². The largest absolute Gasteiger partial charge is 0.465 e. The van der Waals surface area contributed by atoms with Gasteiger partial charge in [-0.3, -0.25) is 4.79 Å². The van der Waals surface area contributed by atoms with Crippen molar-refractivity contribution in [1.82, 2.24) is 0 Å². The molecule has 0 aromatic rings. The van der Waals surface area contributed by atoms with Crippen LogP contribution in [0.3, 0.4) is 0 Å². The van der Waals surface area contributed by atoms with Gasteiger partial charge in [-0.25, -0.2) is 0 Å². The van der Waals surface area contributed by atoms with Crippen molar-refractivity contribution in [3.05, 3.63) is 11.7 Å². The number of halogens is 8. The molecule has 1 unspecified atom stereocenters. The molecule has 0 rings (SSSR count). The fourth-order valence-electron chi connectivity index (χ4n) is 1.02. The highest BCUT2D eigenvalue weighted by Gasteiger charge is 2.58. The molecule has 0 aliphatic heterocycles. The third kappa shape index (κ3) is 4.15. The first kappa shape index (κ1) is 16.6. The van der Waals surface area contributed by atoms with Crippen molar-refractivity contribution in [3.8, 4) is 0 Å². The molecule has 0 heterocycles. The zero-order valence-corrected chi connectivity index (χ0v) is 8.62. The summed E-state index contributed by atoms with van der Waals surface area (Å²) in [4.78, 5) is 10.8. The van der Waals surface area contributed by atoms with E-state index in [4.69, 9.17) is 0 Å². The second kappa shape index (κ2) is 5.53. The maximum Gasteiger partial charge on any atom is 0.419 e. The highest BCUT2D eigenvalue weighted by Crippen LogP contribution is 2.43. The lowest BCUT2D eigenvalue weighted by Gasteiger charge is -2.22. The summed E-state index contributed by atoms with van der Waals surface area (Å²) in [5.74, 6) is -6.48. The van der Waals surface area contributed by atoms with Crippen LogP contribution in [0.5, 0.6) is 0 Å². The Labute approximate surface area is 95.2 Å². The fraction of sp³-hybridized carbons (Fsp3) is 0.625. The number of hydrogen-bond donors (Lipinski definition) is 0. The van der Waals surface area contributed by atoms with E-state index in [9.17, 15) is 39.9 Å². The molecule has 0 spiro atoms. The maximum atomic E-state index is 12.3. The highest BCUT2D eigenvalue weighted by atomic mass is 19.4. The molecule has 1 atom stereocenters. The second-order valence-electron chi connectivity index (χ2n) is 2.90. The van der Waals surface area contributed by atoms with E-state index in [1.807, 2.05) is 0 Å². The van der Waals surface area contributed by atoms with Gasteiger partial charge in [-0.2, -0.15) is 35.1 Å². The maximum absolute atomic E-state index is 12.3. The lowest BCUT2D eigenvalue weighted by atomic mass is 9.99. The Morgan fingerprint density at radius 3 is 1.78 bits per heavy atom. The van der Waals surface area contributed by atoms with E-state index in [1.165, 1.54) is 0 Å². The van der Waals surface area contributed by atoms with Crippen LogP contribution in [0.4, 0.5) is 35.1 Å². The summed E-state index contributed by atoms with van der Waals surface area (Å²) in [6.07, 6.45) is -15.5. The molecule has 0 amide bonds. The van der Waals surface area contributed by atoms with Crippen LogP contribution in [0.2, 0.25) is 0 Å². The van der Waals surface area contributed by atoms with Crippen LogP contribution in [-0.4, -0.2) is 24.9 Å². The minimum atomic E-state index is -5.99. The Kier molecular flexibility index (Phi) is 5.11. The van der Waals surface area contributed by atoms with Crippen molar-refractivity contribution in [2.75, 3.05) is 6.61 Å². The standard InChI is InChI=1S/C8H6F8O2/c1-2-18-6(17)4(8(14,15)16)3(5(9)10)7(11,12)13/h4H,2H2,1H3. The number of hydrogen-bond acceptors (Lipinski definition) is 2. The average molecular weight is 286 g/mol. The van der Waals surface area contributed by atoms with Crippen molar-refractivity contribution in [3.63, 3.8) is 0 Å². The molecule has 2 nitrogen and oxygen atoms in total. The first-order valence-electron chi connectivity index (χ1n) is 4.28. The molecule has 106 valence electrons. The van der Waals surface area contributed by atoms with E-state index in [0.717, 1.165) is 6.92 Å².